The van der Waals surface area contributed by atoms with Crippen molar-refractivity contribution < 1.29 is 4.79 Å². The standard InChI is InChI=1S/C15H21Cl2N3O/c1-2-19-8-10-20(11-9-19)7-6-14(21)18-15-12(16)4-3-5-13(15)17/h3-5H,2,6-11H2,1H3,(H,18,21). The largest absolute Gasteiger partial charge is 0.324 e. The van der Waals surface area contributed by atoms with Crippen LogP contribution in [0.3, 0.4) is 0 Å². The monoisotopic (exact) mass is 329 g/mol. The summed E-state index contributed by atoms with van der Waals surface area (Å²) in [6.07, 6.45) is 0.452. The van der Waals surface area contributed by atoms with Gasteiger partial charge in [-0.2, -0.15) is 0 Å². The van der Waals surface area contributed by atoms with Gasteiger partial charge in [0.05, 0.1) is 15.7 Å². The minimum Gasteiger partial charge on any atom is -0.324 e. The van der Waals surface area contributed by atoms with Gasteiger partial charge in [-0.15, -0.1) is 0 Å². The Bertz CT molecular complexity index is 468. The molecule has 0 saturated carbocycles. The molecule has 0 aliphatic carbocycles. The second-order valence-electron chi connectivity index (χ2n) is 5.17. The van der Waals surface area contributed by atoms with E-state index in [-0.39, 0.29) is 5.91 Å². The summed E-state index contributed by atoms with van der Waals surface area (Å²) >= 11 is 12.1. The van der Waals surface area contributed by atoms with Gasteiger partial charge in [-0.05, 0) is 18.7 Å². The molecule has 1 aliphatic heterocycles. The molecule has 1 saturated heterocycles. The molecule has 116 valence electrons. The average Bonchev–Trinajstić information content (AvgIpc) is 2.49. The molecule has 1 heterocycles. The normalized spacial score (nSPS) is 16.9. The number of hydrogen-bond donors (Lipinski definition) is 1. The third-order valence-corrected chi connectivity index (χ3v) is 4.42. The van der Waals surface area contributed by atoms with Crippen molar-refractivity contribution in [2.75, 3.05) is 44.6 Å². The van der Waals surface area contributed by atoms with Crippen LogP contribution in [0.4, 0.5) is 5.69 Å². The van der Waals surface area contributed by atoms with Gasteiger partial charge in [0.25, 0.3) is 0 Å². The average molecular weight is 330 g/mol. The minimum absolute atomic E-state index is 0.0529. The van der Waals surface area contributed by atoms with Gasteiger partial charge >= 0.3 is 0 Å². The van der Waals surface area contributed by atoms with E-state index in [1.807, 2.05) is 0 Å². The fourth-order valence-corrected chi connectivity index (χ4v) is 2.90. The highest BCUT2D eigenvalue weighted by molar-refractivity contribution is 6.39. The van der Waals surface area contributed by atoms with Crippen LogP contribution >= 0.6 is 23.2 Å². The number of para-hydroxylation sites is 1. The molecule has 0 aromatic heterocycles. The van der Waals surface area contributed by atoms with E-state index in [4.69, 9.17) is 23.2 Å². The first-order valence-corrected chi connectivity index (χ1v) is 8.04. The van der Waals surface area contributed by atoms with E-state index in [0.717, 1.165) is 39.3 Å². The number of anilines is 1. The number of carbonyl (C=O) groups is 1. The van der Waals surface area contributed by atoms with Crippen LogP contribution in [0.15, 0.2) is 18.2 Å². The zero-order chi connectivity index (χ0) is 15.2. The summed E-state index contributed by atoms with van der Waals surface area (Å²) in [5.74, 6) is -0.0529. The maximum absolute atomic E-state index is 12.0. The summed E-state index contributed by atoms with van der Waals surface area (Å²) in [5.41, 5.74) is 0.502. The molecular formula is C15H21Cl2N3O. The van der Waals surface area contributed by atoms with Crippen LogP contribution < -0.4 is 5.32 Å². The van der Waals surface area contributed by atoms with Crippen molar-refractivity contribution >= 4 is 34.8 Å². The second-order valence-corrected chi connectivity index (χ2v) is 5.99. The molecule has 4 nitrogen and oxygen atoms in total. The van der Waals surface area contributed by atoms with Crippen molar-refractivity contribution in [2.45, 2.75) is 13.3 Å². The van der Waals surface area contributed by atoms with Crippen molar-refractivity contribution in [1.82, 2.24) is 9.80 Å². The quantitative estimate of drug-likeness (QED) is 0.902. The van der Waals surface area contributed by atoms with Crippen LogP contribution in [0.1, 0.15) is 13.3 Å². The Morgan fingerprint density at radius 2 is 1.71 bits per heavy atom. The van der Waals surface area contributed by atoms with E-state index in [9.17, 15) is 4.79 Å². The Labute approximate surface area is 136 Å². The van der Waals surface area contributed by atoms with Crippen LogP contribution in [-0.2, 0) is 4.79 Å². The molecule has 21 heavy (non-hydrogen) atoms. The highest BCUT2D eigenvalue weighted by atomic mass is 35.5. The molecule has 1 aliphatic rings. The molecule has 1 fully saturated rings. The van der Waals surface area contributed by atoms with Gasteiger partial charge in [0.2, 0.25) is 5.91 Å². The molecular weight excluding hydrogens is 309 g/mol. The minimum atomic E-state index is -0.0529. The van der Waals surface area contributed by atoms with Crippen LogP contribution in [0.5, 0.6) is 0 Å². The summed E-state index contributed by atoms with van der Waals surface area (Å²) in [6, 6.07) is 5.19. The number of benzene rings is 1. The van der Waals surface area contributed by atoms with E-state index in [2.05, 4.69) is 22.0 Å². The Kier molecular flexibility index (Phi) is 6.30. The SMILES string of the molecule is CCN1CCN(CCC(=O)Nc2c(Cl)cccc2Cl)CC1. The number of rotatable bonds is 5. The van der Waals surface area contributed by atoms with E-state index in [1.165, 1.54) is 0 Å². The fraction of sp³-hybridized carbons (Fsp3) is 0.533. The van der Waals surface area contributed by atoms with Gasteiger partial charge < -0.3 is 15.1 Å². The lowest BCUT2D eigenvalue weighted by Crippen LogP contribution is -2.46. The van der Waals surface area contributed by atoms with Crippen LogP contribution in [0.2, 0.25) is 10.0 Å². The lowest BCUT2D eigenvalue weighted by molar-refractivity contribution is -0.116. The predicted octanol–water partition coefficient (Wildman–Crippen LogP) is 2.96. The Morgan fingerprint density at radius 3 is 2.29 bits per heavy atom. The van der Waals surface area contributed by atoms with Crippen molar-refractivity contribution in [3.63, 3.8) is 0 Å². The number of amides is 1. The number of nitrogens with one attached hydrogen (secondary N) is 1. The van der Waals surface area contributed by atoms with Gasteiger partial charge in [0.15, 0.2) is 0 Å². The number of carbonyl (C=O) groups excluding carboxylic acids is 1. The first kappa shape index (κ1) is 16.6. The molecule has 1 amide bonds. The van der Waals surface area contributed by atoms with E-state index in [1.54, 1.807) is 18.2 Å². The molecule has 0 spiro atoms. The number of hydrogen-bond acceptors (Lipinski definition) is 3. The maximum Gasteiger partial charge on any atom is 0.225 e. The van der Waals surface area contributed by atoms with E-state index < -0.39 is 0 Å². The summed E-state index contributed by atoms with van der Waals surface area (Å²) in [7, 11) is 0. The summed E-state index contributed by atoms with van der Waals surface area (Å²) in [4.78, 5) is 16.8. The molecule has 1 aromatic rings. The van der Waals surface area contributed by atoms with Crippen LogP contribution in [-0.4, -0.2) is 55.0 Å². The molecule has 0 bridgehead atoms. The van der Waals surface area contributed by atoms with Crippen molar-refractivity contribution in [3.8, 4) is 0 Å². The molecule has 0 unspecified atom stereocenters. The Hall–Kier alpha value is -0.810. The first-order chi connectivity index (χ1) is 10.1. The smallest absolute Gasteiger partial charge is 0.225 e. The summed E-state index contributed by atoms with van der Waals surface area (Å²) in [6.45, 7) is 8.24. The summed E-state index contributed by atoms with van der Waals surface area (Å²) < 4.78 is 0. The second kappa shape index (κ2) is 7.99. The molecule has 0 atom stereocenters. The molecule has 1 N–H and O–H groups in total. The third-order valence-electron chi connectivity index (χ3n) is 3.79. The predicted molar refractivity (Wildman–Crippen MR) is 88.3 cm³/mol. The van der Waals surface area contributed by atoms with E-state index >= 15 is 0 Å². The third kappa shape index (κ3) is 4.85. The lowest BCUT2D eigenvalue weighted by atomic mass is 10.2. The van der Waals surface area contributed by atoms with Gasteiger partial charge in [-0.25, -0.2) is 0 Å². The zero-order valence-electron chi connectivity index (χ0n) is 12.2. The van der Waals surface area contributed by atoms with E-state index in [0.29, 0.717) is 22.2 Å². The number of piperazine rings is 1. The molecule has 6 heteroatoms. The van der Waals surface area contributed by atoms with Crippen molar-refractivity contribution in [2.24, 2.45) is 0 Å². The number of nitrogens with zero attached hydrogens (tertiary/aromatic N) is 2. The molecule has 0 radical (unpaired) electrons. The van der Waals surface area contributed by atoms with Gasteiger partial charge in [-0.1, -0.05) is 36.2 Å². The molecule has 1 aromatic carbocycles. The topological polar surface area (TPSA) is 35.6 Å². The lowest BCUT2D eigenvalue weighted by Gasteiger charge is -2.33. The zero-order valence-corrected chi connectivity index (χ0v) is 13.8. The van der Waals surface area contributed by atoms with Crippen LogP contribution in [0, 0.1) is 0 Å². The van der Waals surface area contributed by atoms with Gasteiger partial charge in [0.1, 0.15) is 0 Å². The highest BCUT2D eigenvalue weighted by Crippen LogP contribution is 2.29. The molecule has 2 rings (SSSR count). The van der Waals surface area contributed by atoms with Crippen LogP contribution in [0.25, 0.3) is 0 Å². The first-order valence-electron chi connectivity index (χ1n) is 7.28. The fourth-order valence-electron chi connectivity index (χ4n) is 2.41. The van der Waals surface area contributed by atoms with Gasteiger partial charge in [0, 0.05) is 39.1 Å². The summed E-state index contributed by atoms with van der Waals surface area (Å²) in [5, 5.41) is 3.73. The van der Waals surface area contributed by atoms with Crippen molar-refractivity contribution in [3.05, 3.63) is 28.2 Å². The Morgan fingerprint density at radius 1 is 1.14 bits per heavy atom. The number of likely N-dealkylation sites (N-methyl/N-ethyl adjacent to an activating group) is 1. The Balaban J connectivity index is 1.78. The van der Waals surface area contributed by atoms with Crippen molar-refractivity contribution in [1.29, 1.82) is 0 Å². The number of halogens is 2. The van der Waals surface area contributed by atoms with Gasteiger partial charge in [-0.3, -0.25) is 4.79 Å². The highest BCUT2D eigenvalue weighted by Gasteiger charge is 2.16. The maximum atomic E-state index is 12.0.